The van der Waals surface area contributed by atoms with Crippen molar-refractivity contribution in [1.82, 2.24) is 5.32 Å². The van der Waals surface area contributed by atoms with Gasteiger partial charge in [0.2, 0.25) is 5.91 Å². The van der Waals surface area contributed by atoms with Gasteiger partial charge in [-0.2, -0.15) is 0 Å². The zero-order valence-corrected chi connectivity index (χ0v) is 27.1. The van der Waals surface area contributed by atoms with Crippen molar-refractivity contribution in [2.75, 3.05) is 6.61 Å². The Kier molecular flexibility index (Phi) is 19.7. The van der Waals surface area contributed by atoms with E-state index in [-0.39, 0.29) is 19.1 Å². The second kappa shape index (κ2) is 22.6. The van der Waals surface area contributed by atoms with Crippen molar-refractivity contribution in [2.24, 2.45) is 5.92 Å². The third-order valence-electron chi connectivity index (χ3n) is 7.68. The van der Waals surface area contributed by atoms with Crippen molar-refractivity contribution >= 4 is 23.8 Å². The minimum absolute atomic E-state index is 0.162. The highest BCUT2D eigenvalue weighted by atomic mass is 16.5. The summed E-state index contributed by atoms with van der Waals surface area (Å²) in [5.74, 6) is -1.98. The maximum absolute atomic E-state index is 13.3. The number of allylic oxidation sites excluding steroid dienone is 1. The molecule has 256 valence electrons. The molecule has 11 nitrogen and oxygen atoms in total. The molecule has 0 bridgehead atoms. The lowest BCUT2D eigenvalue weighted by Crippen LogP contribution is -2.55. The van der Waals surface area contributed by atoms with Gasteiger partial charge in [0.25, 0.3) is 0 Å². The van der Waals surface area contributed by atoms with Gasteiger partial charge in [0, 0.05) is 6.42 Å². The number of rotatable bonds is 25. The Morgan fingerprint density at radius 2 is 1.54 bits per heavy atom. The first kappa shape index (κ1) is 40.1. The summed E-state index contributed by atoms with van der Waals surface area (Å²) in [5.41, 5.74) is -2.48. The van der Waals surface area contributed by atoms with E-state index in [1.165, 1.54) is 25.3 Å². The molecule has 0 saturated carbocycles. The fourth-order valence-electron chi connectivity index (χ4n) is 4.98. The van der Waals surface area contributed by atoms with Crippen LogP contribution in [0.1, 0.15) is 103 Å². The summed E-state index contributed by atoms with van der Waals surface area (Å²) in [6.07, 6.45) is 11.9. The van der Waals surface area contributed by atoms with Gasteiger partial charge < -0.3 is 35.6 Å². The van der Waals surface area contributed by atoms with Gasteiger partial charge in [-0.25, -0.2) is 9.59 Å². The molecule has 0 heterocycles. The number of hydrogen-bond donors (Lipinski definition) is 6. The van der Waals surface area contributed by atoms with Gasteiger partial charge in [-0.3, -0.25) is 9.59 Å². The number of aliphatic hydroxyl groups is 2. The van der Waals surface area contributed by atoms with Crippen LogP contribution in [-0.4, -0.2) is 73.7 Å². The molecular weight excluding hydrogens is 594 g/mol. The van der Waals surface area contributed by atoms with Crippen LogP contribution in [-0.2, 0) is 25.6 Å². The predicted molar refractivity (Wildman–Crippen MR) is 173 cm³/mol. The number of ether oxygens (including phenoxy) is 1. The van der Waals surface area contributed by atoms with Crippen LogP contribution in [0.5, 0.6) is 5.75 Å². The Morgan fingerprint density at radius 3 is 2.09 bits per heavy atom. The standard InChI is InChI=1S/C35H51NO10/c1-3-5-7-10-13-16-27(37)17-14-11-8-9-12-15-18-29(35(45,34(43)44)25-31(38)39)32(40)36-30(33(41)42)24-26-19-21-28(22-20-26)46-23-6-4-2/h15,18-22,27,29-30,37,45H,3,5,7-14,16-17,23-25H2,1-2H3,(H,36,40)(H,38,39)(H,41,42)(H,43,44)/b18-15+/t27?,29-,30+,35+/m1/s1. The first-order valence-electron chi connectivity index (χ1n) is 16.1. The number of aliphatic hydroxyl groups excluding tert-OH is 1. The summed E-state index contributed by atoms with van der Waals surface area (Å²) >= 11 is 0. The van der Waals surface area contributed by atoms with Crippen molar-refractivity contribution in [3.63, 3.8) is 0 Å². The third-order valence-corrected chi connectivity index (χ3v) is 7.68. The van der Waals surface area contributed by atoms with E-state index in [0.29, 0.717) is 24.2 Å². The molecule has 46 heavy (non-hydrogen) atoms. The summed E-state index contributed by atoms with van der Waals surface area (Å²) in [5, 5.41) is 52.1. The van der Waals surface area contributed by atoms with Crippen molar-refractivity contribution in [1.29, 1.82) is 0 Å². The van der Waals surface area contributed by atoms with Crippen molar-refractivity contribution in [2.45, 2.75) is 121 Å². The van der Waals surface area contributed by atoms with Gasteiger partial charge in [-0.1, -0.05) is 88.5 Å². The van der Waals surface area contributed by atoms with Crippen LogP contribution < -0.4 is 10.1 Å². The molecule has 4 atom stereocenters. The Bertz CT molecular complexity index is 1170. The van der Waals surface area contributed by atoms with E-state index >= 15 is 0 Å². The van der Waals surface area contributed by atoms with Crippen molar-refractivity contribution in [3.05, 3.63) is 42.0 Å². The lowest BCUT2D eigenvalue weighted by Gasteiger charge is -2.29. The zero-order valence-electron chi connectivity index (χ0n) is 27.1. The van der Waals surface area contributed by atoms with Crippen LogP contribution >= 0.6 is 0 Å². The van der Waals surface area contributed by atoms with E-state index in [9.17, 15) is 44.7 Å². The lowest BCUT2D eigenvalue weighted by atomic mass is 9.82. The predicted octanol–water partition coefficient (Wildman–Crippen LogP) is 4.73. The molecule has 1 unspecified atom stereocenters. The second-order valence-electron chi connectivity index (χ2n) is 11.5. The van der Waals surface area contributed by atoms with E-state index in [4.69, 9.17) is 4.74 Å². The van der Waals surface area contributed by atoms with Gasteiger partial charge in [0.15, 0.2) is 5.60 Å². The molecule has 0 aliphatic carbocycles. The number of carboxylic acid groups (broad SMARTS) is 3. The van der Waals surface area contributed by atoms with Crippen LogP contribution in [0.2, 0.25) is 0 Å². The summed E-state index contributed by atoms with van der Waals surface area (Å²) in [7, 11) is 0. The highest BCUT2D eigenvalue weighted by Crippen LogP contribution is 2.26. The van der Waals surface area contributed by atoms with E-state index in [2.05, 4.69) is 24.1 Å². The molecule has 11 heteroatoms. The number of carboxylic acids is 3. The Balaban J connectivity index is 2.82. The molecule has 0 spiro atoms. The Labute approximate surface area is 272 Å². The topological polar surface area (TPSA) is 191 Å². The van der Waals surface area contributed by atoms with E-state index in [1.54, 1.807) is 31.2 Å². The van der Waals surface area contributed by atoms with Gasteiger partial charge in [-0.05, 0) is 50.3 Å². The Hall–Kier alpha value is -3.88. The monoisotopic (exact) mass is 645 g/mol. The SMILES string of the molecule is CC#CCOc1ccc(C[C@H](NC(=O)[C@@H](/C=C/CCCCCCC(O)CCCCCCC)[C@@](O)(CC(=O)O)C(=O)O)C(=O)O)cc1. The average Bonchev–Trinajstić information content (AvgIpc) is 3.00. The lowest BCUT2D eigenvalue weighted by molar-refractivity contribution is -0.172. The van der Waals surface area contributed by atoms with Gasteiger partial charge in [0.1, 0.15) is 18.4 Å². The minimum Gasteiger partial charge on any atom is -0.481 e. The van der Waals surface area contributed by atoms with Crippen LogP contribution in [0.25, 0.3) is 0 Å². The number of carbonyl (C=O) groups excluding carboxylic acids is 1. The fourth-order valence-corrected chi connectivity index (χ4v) is 4.98. The molecule has 6 N–H and O–H groups in total. The number of hydrogen-bond acceptors (Lipinski definition) is 7. The summed E-state index contributed by atoms with van der Waals surface area (Å²) < 4.78 is 5.44. The van der Waals surface area contributed by atoms with Crippen LogP contribution in [0.4, 0.5) is 0 Å². The highest BCUT2D eigenvalue weighted by molar-refractivity contribution is 5.94. The molecule has 0 aliphatic rings. The molecule has 0 saturated heterocycles. The third kappa shape index (κ3) is 15.9. The first-order chi connectivity index (χ1) is 21.9. The van der Waals surface area contributed by atoms with Gasteiger partial charge in [-0.15, -0.1) is 5.92 Å². The van der Waals surface area contributed by atoms with Crippen LogP contribution in [0.3, 0.4) is 0 Å². The number of unbranched alkanes of at least 4 members (excludes halogenated alkanes) is 8. The molecule has 0 aromatic heterocycles. The molecule has 1 rings (SSSR count). The van der Waals surface area contributed by atoms with E-state index in [1.807, 2.05) is 0 Å². The van der Waals surface area contributed by atoms with Crippen molar-refractivity contribution < 1.29 is 49.4 Å². The summed E-state index contributed by atoms with van der Waals surface area (Å²) in [6, 6.07) is 4.97. The second-order valence-corrected chi connectivity index (χ2v) is 11.5. The molecular formula is C35H51NO10. The molecule has 1 aromatic rings. The van der Waals surface area contributed by atoms with Crippen LogP contribution in [0, 0.1) is 17.8 Å². The number of amides is 1. The number of nitrogens with one attached hydrogen (secondary N) is 1. The first-order valence-corrected chi connectivity index (χ1v) is 16.1. The van der Waals surface area contributed by atoms with Crippen LogP contribution in [0.15, 0.2) is 36.4 Å². The largest absolute Gasteiger partial charge is 0.481 e. The fraction of sp³-hybridized carbons (Fsp3) is 0.600. The quantitative estimate of drug-likeness (QED) is 0.0493. The van der Waals surface area contributed by atoms with E-state index < -0.39 is 47.8 Å². The smallest absolute Gasteiger partial charge is 0.337 e. The van der Waals surface area contributed by atoms with E-state index in [0.717, 1.165) is 51.0 Å². The molecule has 1 aromatic carbocycles. The maximum atomic E-state index is 13.3. The van der Waals surface area contributed by atoms with Gasteiger partial charge >= 0.3 is 17.9 Å². The average molecular weight is 646 g/mol. The highest BCUT2D eigenvalue weighted by Gasteiger charge is 2.49. The summed E-state index contributed by atoms with van der Waals surface area (Å²) in [6.45, 7) is 4.03. The molecule has 0 fully saturated rings. The number of aliphatic carboxylic acids is 3. The van der Waals surface area contributed by atoms with Gasteiger partial charge in [0.05, 0.1) is 18.4 Å². The minimum atomic E-state index is -3.01. The molecule has 0 aliphatic heterocycles. The summed E-state index contributed by atoms with van der Waals surface area (Å²) in [4.78, 5) is 48.8. The number of benzene rings is 1. The molecule has 1 amide bonds. The molecule has 0 radical (unpaired) electrons. The van der Waals surface area contributed by atoms with Crippen molar-refractivity contribution in [3.8, 4) is 17.6 Å². The maximum Gasteiger partial charge on any atom is 0.337 e. The number of carbonyl (C=O) groups is 4. The Morgan fingerprint density at radius 1 is 0.935 bits per heavy atom. The zero-order chi connectivity index (χ0) is 34.4. The normalized spacial score (nSPS) is 14.3.